The van der Waals surface area contributed by atoms with Gasteiger partial charge in [-0.2, -0.15) is 4.31 Å². The molecule has 30 heavy (non-hydrogen) atoms. The fraction of sp³-hybridized carbons (Fsp3) is 0.350. The topological polar surface area (TPSA) is 104 Å². The van der Waals surface area contributed by atoms with Crippen molar-refractivity contribution in [2.75, 3.05) is 29.3 Å². The molecule has 2 fully saturated rings. The first kappa shape index (κ1) is 20.8. The number of carbonyl (C=O) groups is 1. The van der Waals surface area contributed by atoms with E-state index in [-0.39, 0.29) is 21.4 Å². The zero-order valence-corrected chi connectivity index (χ0v) is 18.0. The highest BCUT2D eigenvalue weighted by atomic mass is 32.2. The number of nitrogens with one attached hydrogen (secondary N) is 1. The van der Waals surface area contributed by atoms with E-state index >= 15 is 0 Å². The molecular weight excluding hydrogens is 426 g/mol. The van der Waals surface area contributed by atoms with Crippen LogP contribution in [0.25, 0.3) is 0 Å². The Bertz CT molecular complexity index is 1140. The van der Waals surface area contributed by atoms with Gasteiger partial charge in [-0.25, -0.2) is 16.8 Å². The van der Waals surface area contributed by atoms with Crippen LogP contribution in [0.5, 0.6) is 0 Å². The number of carbonyl (C=O) groups excluding carboxylic acids is 1. The minimum Gasteiger partial charge on any atom is -0.312 e. The largest absolute Gasteiger partial charge is 0.312 e. The molecule has 1 N–H and O–H groups in total. The lowest BCUT2D eigenvalue weighted by Crippen LogP contribution is -2.27. The molecular formula is C20H23N3O5S2. The molecule has 2 aliphatic rings. The number of benzene rings is 2. The minimum atomic E-state index is -3.84. The maximum Gasteiger partial charge on any atom is 0.261 e. The van der Waals surface area contributed by atoms with Crippen molar-refractivity contribution in [1.29, 1.82) is 0 Å². The van der Waals surface area contributed by atoms with Gasteiger partial charge in [0.1, 0.15) is 0 Å². The van der Waals surface area contributed by atoms with Gasteiger partial charge in [0, 0.05) is 37.4 Å². The summed E-state index contributed by atoms with van der Waals surface area (Å²) < 4.78 is 54.4. The van der Waals surface area contributed by atoms with Crippen LogP contribution in [0.2, 0.25) is 0 Å². The first-order valence-corrected chi connectivity index (χ1v) is 12.7. The Morgan fingerprint density at radius 1 is 0.733 bits per heavy atom. The molecule has 4 rings (SSSR count). The Labute approximate surface area is 176 Å². The Kier molecular flexibility index (Phi) is 5.56. The van der Waals surface area contributed by atoms with Gasteiger partial charge in [-0.05, 0) is 67.8 Å². The van der Waals surface area contributed by atoms with Crippen LogP contribution in [0.15, 0.2) is 58.3 Å². The third-order valence-corrected chi connectivity index (χ3v) is 8.65. The molecule has 0 atom stereocenters. The summed E-state index contributed by atoms with van der Waals surface area (Å²) in [6, 6.07) is 11.8. The third kappa shape index (κ3) is 4.07. The number of rotatable bonds is 6. The molecule has 0 saturated carbocycles. The lowest BCUT2D eigenvalue weighted by atomic mass is 10.3. The van der Waals surface area contributed by atoms with Crippen LogP contribution in [0.1, 0.15) is 25.7 Å². The lowest BCUT2D eigenvalue weighted by molar-refractivity contribution is -0.117. The smallest absolute Gasteiger partial charge is 0.261 e. The van der Waals surface area contributed by atoms with E-state index in [4.69, 9.17) is 0 Å². The average Bonchev–Trinajstić information content (AvgIpc) is 3.40. The standard InChI is InChI=1S/C20H23N3O5S2/c24-20-4-3-15-23(20)17-7-11-18(12-8-17)29(25,26)21-16-5-9-19(10-6-16)30(27,28)22-13-1-2-14-22/h5-12,21H,1-4,13-15H2. The zero-order chi connectivity index (χ0) is 21.4. The molecule has 10 heteroatoms. The number of anilines is 2. The SMILES string of the molecule is O=C1CCCN1c1ccc(S(=O)(=O)Nc2ccc(S(=O)(=O)N3CCCC3)cc2)cc1. The number of amides is 1. The lowest BCUT2D eigenvalue weighted by Gasteiger charge is -2.17. The van der Waals surface area contributed by atoms with E-state index in [0.717, 1.165) is 19.3 Å². The van der Waals surface area contributed by atoms with Gasteiger partial charge in [0.05, 0.1) is 9.79 Å². The summed E-state index contributed by atoms with van der Waals surface area (Å²) in [4.78, 5) is 13.7. The number of hydrogen-bond donors (Lipinski definition) is 1. The molecule has 2 heterocycles. The average molecular weight is 450 g/mol. The monoisotopic (exact) mass is 449 g/mol. The molecule has 8 nitrogen and oxygen atoms in total. The molecule has 0 unspecified atom stereocenters. The first-order chi connectivity index (χ1) is 14.3. The van der Waals surface area contributed by atoms with Gasteiger partial charge in [-0.1, -0.05) is 0 Å². The van der Waals surface area contributed by atoms with E-state index < -0.39 is 20.0 Å². The maximum absolute atomic E-state index is 12.7. The molecule has 2 aromatic carbocycles. The van der Waals surface area contributed by atoms with E-state index in [0.29, 0.717) is 31.7 Å². The van der Waals surface area contributed by atoms with Crippen LogP contribution in [0.4, 0.5) is 11.4 Å². The van der Waals surface area contributed by atoms with Crippen LogP contribution in [0.3, 0.4) is 0 Å². The molecule has 2 aromatic rings. The third-order valence-electron chi connectivity index (χ3n) is 5.34. The zero-order valence-electron chi connectivity index (χ0n) is 16.3. The molecule has 2 aliphatic heterocycles. The van der Waals surface area contributed by atoms with Gasteiger partial charge in [-0.3, -0.25) is 9.52 Å². The Hall–Kier alpha value is -2.43. The van der Waals surface area contributed by atoms with Gasteiger partial charge in [-0.15, -0.1) is 0 Å². The van der Waals surface area contributed by atoms with Crippen LogP contribution < -0.4 is 9.62 Å². The molecule has 0 aromatic heterocycles. The second-order valence-electron chi connectivity index (χ2n) is 7.38. The van der Waals surface area contributed by atoms with Crippen LogP contribution in [-0.2, 0) is 24.8 Å². The van der Waals surface area contributed by atoms with E-state index in [1.54, 1.807) is 17.0 Å². The number of sulfonamides is 2. The summed E-state index contributed by atoms with van der Waals surface area (Å²) in [6.07, 6.45) is 3.00. The van der Waals surface area contributed by atoms with Crippen molar-refractivity contribution in [2.24, 2.45) is 0 Å². The van der Waals surface area contributed by atoms with Crippen molar-refractivity contribution < 1.29 is 21.6 Å². The van der Waals surface area contributed by atoms with E-state index in [9.17, 15) is 21.6 Å². The highest BCUT2D eigenvalue weighted by molar-refractivity contribution is 7.92. The fourth-order valence-corrected chi connectivity index (χ4v) is 6.29. The predicted octanol–water partition coefficient (Wildman–Crippen LogP) is 2.40. The van der Waals surface area contributed by atoms with Gasteiger partial charge >= 0.3 is 0 Å². The molecule has 0 bridgehead atoms. The quantitative estimate of drug-likeness (QED) is 0.729. The highest BCUT2D eigenvalue weighted by Gasteiger charge is 2.27. The highest BCUT2D eigenvalue weighted by Crippen LogP contribution is 2.25. The van der Waals surface area contributed by atoms with Crippen LogP contribution >= 0.6 is 0 Å². The van der Waals surface area contributed by atoms with Crippen LogP contribution in [-0.4, -0.2) is 46.7 Å². The molecule has 0 spiro atoms. The van der Waals surface area contributed by atoms with Gasteiger partial charge in [0.2, 0.25) is 15.9 Å². The summed E-state index contributed by atoms with van der Waals surface area (Å²) >= 11 is 0. The first-order valence-electron chi connectivity index (χ1n) is 9.81. The molecule has 160 valence electrons. The van der Waals surface area contributed by atoms with Crippen molar-refractivity contribution in [3.05, 3.63) is 48.5 Å². The predicted molar refractivity (Wildman–Crippen MR) is 113 cm³/mol. The summed E-state index contributed by atoms with van der Waals surface area (Å²) in [5.41, 5.74) is 0.946. The van der Waals surface area contributed by atoms with E-state index in [1.807, 2.05) is 0 Å². The molecule has 0 radical (unpaired) electrons. The Balaban J connectivity index is 1.48. The molecule has 0 aliphatic carbocycles. The van der Waals surface area contributed by atoms with Crippen molar-refractivity contribution in [3.63, 3.8) is 0 Å². The fourth-order valence-electron chi connectivity index (χ4n) is 3.71. The molecule has 2 saturated heterocycles. The number of hydrogen-bond acceptors (Lipinski definition) is 5. The summed E-state index contributed by atoms with van der Waals surface area (Å²) in [5, 5.41) is 0. The Morgan fingerprint density at radius 3 is 1.90 bits per heavy atom. The Morgan fingerprint density at radius 2 is 1.33 bits per heavy atom. The second kappa shape index (κ2) is 8.01. The van der Waals surface area contributed by atoms with Crippen molar-refractivity contribution in [1.82, 2.24) is 4.31 Å². The van der Waals surface area contributed by atoms with Crippen molar-refractivity contribution in [2.45, 2.75) is 35.5 Å². The second-order valence-corrected chi connectivity index (χ2v) is 11.0. The summed E-state index contributed by atoms with van der Waals surface area (Å²) in [5.74, 6) is 0.0349. The normalized spacial score (nSPS) is 18.1. The maximum atomic E-state index is 12.7. The van der Waals surface area contributed by atoms with Gasteiger partial charge < -0.3 is 4.90 Å². The van der Waals surface area contributed by atoms with Crippen molar-refractivity contribution in [3.8, 4) is 0 Å². The van der Waals surface area contributed by atoms with Gasteiger partial charge in [0.15, 0.2) is 0 Å². The van der Waals surface area contributed by atoms with Gasteiger partial charge in [0.25, 0.3) is 10.0 Å². The van der Waals surface area contributed by atoms with E-state index in [2.05, 4.69) is 4.72 Å². The number of nitrogens with zero attached hydrogens (tertiary/aromatic N) is 2. The molecule has 1 amide bonds. The summed E-state index contributed by atoms with van der Waals surface area (Å²) in [6.45, 7) is 1.65. The minimum absolute atomic E-state index is 0.0349. The summed E-state index contributed by atoms with van der Waals surface area (Å²) in [7, 11) is -7.39. The van der Waals surface area contributed by atoms with Crippen LogP contribution in [0, 0.1) is 0 Å². The van der Waals surface area contributed by atoms with Crippen molar-refractivity contribution >= 4 is 37.3 Å². The van der Waals surface area contributed by atoms with E-state index in [1.165, 1.54) is 40.7 Å².